The lowest BCUT2D eigenvalue weighted by molar-refractivity contribution is -0.0443. The SMILES string of the molecule is CC.COc1cc(OC)cc(C2OCCO2)c1. The van der Waals surface area contributed by atoms with Crippen LogP contribution in [0.25, 0.3) is 0 Å². The zero-order valence-corrected chi connectivity index (χ0v) is 10.9. The van der Waals surface area contributed by atoms with E-state index in [1.807, 2.05) is 32.0 Å². The van der Waals surface area contributed by atoms with Crippen molar-refractivity contribution in [2.24, 2.45) is 0 Å². The van der Waals surface area contributed by atoms with Crippen molar-refractivity contribution in [3.8, 4) is 11.5 Å². The highest BCUT2D eigenvalue weighted by molar-refractivity contribution is 5.39. The fourth-order valence-corrected chi connectivity index (χ4v) is 1.52. The molecule has 1 fully saturated rings. The summed E-state index contributed by atoms with van der Waals surface area (Å²) >= 11 is 0. The number of hydrogen-bond acceptors (Lipinski definition) is 4. The van der Waals surface area contributed by atoms with Gasteiger partial charge >= 0.3 is 0 Å². The summed E-state index contributed by atoms with van der Waals surface area (Å²) in [5.74, 6) is 1.48. The Hall–Kier alpha value is -1.26. The van der Waals surface area contributed by atoms with Crippen LogP contribution >= 0.6 is 0 Å². The van der Waals surface area contributed by atoms with E-state index in [0.717, 1.165) is 17.1 Å². The summed E-state index contributed by atoms with van der Waals surface area (Å²) in [5, 5.41) is 0. The zero-order valence-electron chi connectivity index (χ0n) is 10.9. The van der Waals surface area contributed by atoms with E-state index in [2.05, 4.69) is 0 Å². The Balaban J connectivity index is 0.000000686. The standard InChI is InChI=1S/C11H14O4.C2H6/c1-12-9-5-8(6-10(7-9)13-2)11-14-3-4-15-11;1-2/h5-7,11H,3-4H2,1-2H3;1-2H3. The third-order valence-electron chi connectivity index (χ3n) is 2.27. The quantitative estimate of drug-likeness (QED) is 0.814. The van der Waals surface area contributed by atoms with E-state index in [-0.39, 0.29) is 6.29 Å². The van der Waals surface area contributed by atoms with E-state index in [0.29, 0.717) is 13.2 Å². The van der Waals surface area contributed by atoms with Gasteiger partial charge in [0, 0.05) is 11.6 Å². The molecule has 1 saturated heterocycles. The van der Waals surface area contributed by atoms with Crippen molar-refractivity contribution >= 4 is 0 Å². The van der Waals surface area contributed by atoms with Crippen molar-refractivity contribution in [1.29, 1.82) is 0 Å². The van der Waals surface area contributed by atoms with Crippen LogP contribution in [0.5, 0.6) is 11.5 Å². The van der Waals surface area contributed by atoms with E-state index < -0.39 is 0 Å². The molecular weight excluding hydrogens is 220 g/mol. The van der Waals surface area contributed by atoms with Crippen LogP contribution < -0.4 is 9.47 Å². The highest BCUT2D eigenvalue weighted by Crippen LogP contribution is 2.30. The molecule has 0 atom stereocenters. The maximum atomic E-state index is 5.40. The molecule has 0 radical (unpaired) electrons. The molecule has 0 bridgehead atoms. The average Bonchev–Trinajstić information content (AvgIpc) is 2.94. The summed E-state index contributed by atoms with van der Waals surface area (Å²) in [6, 6.07) is 5.59. The molecule has 4 nitrogen and oxygen atoms in total. The van der Waals surface area contributed by atoms with Crippen molar-refractivity contribution in [3.05, 3.63) is 23.8 Å². The fraction of sp³-hybridized carbons (Fsp3) is 0.538. The molecule has 96 valence electrons. The lowest BCUT2D eigenvalue weighted by Gasteiger charge is -2.12. The van der Waals surface area contributed by atoms with Gasteiger partial charge in [-0.2, -0.15) is 0 Å². The molecule has 0 saturated carbocycles. The Morgan fingerprint density at radius 2 is 1.41 bits per heavy atom. The van der Waals surface area contributed by atoms with Gasteiger partial charge in [0.2, 0.25) is 0 Å². The molecule has 0 N–H and O–H groups in total. The van der Waals surface area contributed by atoms with E-state index in [4.69, 9.17) is 18.9 Å². The van der Waals surface area contributed by atoms with Gasteiger partial charge in [0.1, 0.15) is 11.5 Å². The van der Waals surface area contributed by atoms with Gasteiger partial charge < -0.3 is 18.9 Å². The number of benzene rings is 1. The van der Waals surface area contributed by atoms with Crippen molar-refractivity contribution < 1.29 is 18.9 Å². The minimum absolute atomic E-state index is 0.297. The second-order valence-electron chi connectivity index (χ2n) is 3.22. The molecule has 0 aliphatic carbocycles. The first-order valence-corrected chi connectivity index (χ1v) is 5.79. The summed E-state index contributed by atoms with van der Waals surface area (Å²) in [4.78, 5) is 0. The molecule has 1 aromatic carbocycles. The Morgan fingerprint density at radius 1 is 0.941 bits per heavy atom. The van der Waals surface area contributed by atoms with Gasteiger partial charge in [-0.1, -0.05) is 13.8 Å². The van der Waals surface area contributed by atoms with Gasteiger partial charge in [-0.3, -0.25) is 0 Å². The van der Waals surface area contributed by atoms with Crippen LogP contribution in [0.1, 0.15) is 25.7 Å². The van der Waals surface area contributed by atoms with Gasteiger partial charge in [0.15, 0.2) is 6.29 Å². The largest absolute Gasteiger partial charge is 0.497 e. The summed E-state index contributed by atoms with van der Waals surface area (Å²) < 4.78 is 21.1. The topological polar surface area (TPSA) is 36.9 Å². The van der Waals surface area contributed by atoms with Crippen LogP contribution in [0.3, 0.4) is 0 Å². The van der Waals surface area contributed by atoms with Crippen LogP contribution in [0.2, 0.25) is 0 Å². The van der Waals surface area contributed by atoms with Gasteiger partial charge in [0.05, 0.1) is 27.4 Å². The first kappa shape index (κ1) is 13.8. The van der Waals surface area contributed by atoms with E-state index in [9.17, 15) is 0 Å². The Kier molecular flexibility index (Phi) is 5.80. The second kappa shape index (κ2) is 7.14. The van der Waals surface area contributed by atoms with Crippen LogP contribution in [0.4, 0.5) is 0 Å². The van der Waals surface area contributed by atoms with Gasteiger partial charge in [-0.15, -0.1) is 0 Å². The molecular formula is C13H20O4. The van der Waals surface area contributed by atoms with Gasteiger partial charge in [-0.05, 0) is 12.1 Å². The molecule has 17 heavy (non-hydrogen) atoms. The van der Waals surface area contributed by atoms with Crippen molar-refractivity contribution in [1.82, 2.24) is 0 Å². The second-order valence-corrected chi connectivity index (χ2v) is 3.22. The van der Waals surface area contributed by atoms with Gasteiger partial charge in [0.25, 0.3) is 0 Å². The Morgan fingerprint density at radius 3 is 1.82 bits per heavy atom. The summed E-state index contributed by atoms with van der Waals surface area (Å²) in [6.45, 7) is 5.26. The molecule has 1 aliphatic rings. The summed E-state index contributed by atoms with van der Waals surface area (Å²) in [5.41, 5.74) is 0.920. The Bertz CT molecular complexity index is 310. The van der Waals surface area contributed by atoms with Crippen molar-refractivity contribution in [2.45, 2.75) is 20.1 Å². The molecule has 0 spiro atoms. The van der Waals surface area contributed by atoms with E-state index >= 15 is 0 Å². The van der Waals surface area contributed by atoms with Crippen LogP contribution in [-0.4, -0.2) is 27.4 Å². The van der Waals surface area contributed by atoms with Crippen molar-refractivity contribution in [3.63, 3.8) is 0 Å². The van der Waals surface area contributed by atoms with Crippen LogP contribution in [0.15, 0.2) is 18.2 Å². The molecule has 1 aromatic rings. The highest BCUT2D eigenvalue weighted by atomic mass is 16.7. The highest BCUT2D eigenvalue weighted by Gasteiger charge is 2.19. The monoisotopic (exact) mass is 240 g/mol. The molecule has 0 amide bonds. The number of rotatable bonds is 3. The predicted octanol–water partition coefficient (Wildman–Crippen LogP) is 2.78. The van der Waals surface area contributed by atoms with Crippen LogP contribution in [0, 0.1) is 0 Å². The van der Waals surface area contributed by atoms with Crippen LogP contribution in [-0.2, 0) is 9.47 Å². The van der Waals surface area contributed by atoms with E-state index in [1.54, 1.807) is 14.2 Å². The number of ether oxygens (including phenoxy) is 4. The molecule has 0 aromatic heterocycles. The lowest BCUT2D eigenvalue weighted by atomic mass is 10.2. The smallest absolute Gasteiger partial charge is 0.184 e. The first-order chi connectivity index (χ1) is 8.33. The summed E-state index contributed by atoms with van der Waals surface area (Å²) in [6.07, 6.45) is -0.297. The molecule has 1 aliphatic heterocycles. The molecule has 1 heterocycles. The molecule has 2 rings (SSSR count). The third-order valence-corrected chi connectivity index (χ3v) is 2.27. The predicted molar refractivity (Wildman–Crippen MR) is 65.5 cm³/mol. The third kappa shape index (κ3) is 3.61. The number of methoxy groups -OCH3 is 2. The van der Waals surface area contributed by atoms with Crippen molar-refractivity contribution in [2.75, 3.05) is 27.4 Å². The number of hydrogen-bond donors (Lipinski definition) is 0. The van der Waals surface area contributed by atoms with Gasteiger partial charge in [-0.25, -0.2) is 0 Å². The minimum atomic E-state index is -0.297. The molecule has 4 heteroatoms. The van der Waals surface area contributed by atoms with E-state index in [1.165, 1.54) is 0 Å². The minimum Gasteiger partial charge on any atom is -0.497 e. The Labute approximate surface area is 102 Å². The summed E-state index contributed by atoms with van der Waals surface area (Å²) in [7, 11) is 3.24. The maximum absolute atomic E-state index is 5.40. The average molecular weight is 240 g/mol. The zero-order chi connectivity index (χ0) is 12.7. The fourth-order valence-electron chi connectivity index (χ4n) is 1.52. The lowest BCUT2D eigenvalue weighted by Crippen LogP contribution is -1.99. The normalized spacial score (nSPS) is 15.1. The maximum Gasteiger partial charge on any atom is 0.184 e. The first-order valence-electron chi connectivity index (χ1n) is 5.79. The molecule has 0 unspecified atom stereocenters.